The number of nitrogens with one attached hydrogen (secondary N) is 2. The second kappa shape index (κ2) is 3.57. The lowest BCUT2D eigenvalue weighted by Gasteiger charge is -2.15. The van der Waals surface area contributed by atoms with E-state index >= 15 is 0 Å². The van der Waals surface area contributed by atoms with Crippen LogP contribution in [-0.4, -0.2) is 48.9 Å². The van der Waals surface area contributed by atoms with Crippen LogP contribution in [0, 0.1) is 0 Å². The molecule has 5 nitrogen and oxygen atoms in total. The van der Waals surface area contributed by atoms with Crippen LogP contribution in [0.5, 0.6) is 0 Å². The Morgan fingerprint density at radius 2 is 2.29 bits per heavy atom. The van der Waals surface area contributed by atoms with E-state index in [2.05, 4.69) is 10.6 Å². The van der Waals surface area contributed by atoms with E-state index in [4.69, 9.17) is 0 Å². The number of rotatable bonds is 2. The largest absolute Gasteiger partial charge is 0.354 e. The minimum absolute atomic E-state index is 0.0706. The topological polar surface area (TPSA) is 61.4 Å². The van der Waals surface area contributed by atoms with E-state index in [9.17, 15) is 9.59 Å². The zero-order chi connectivity index (χ0) is 10.1. The van der Waals surface area contributed by atoms with Gasteiger partial charge in [-0.1, -0.05) is 0 Å². The molecule has 2 atom stereocenters. The Kier molecular flexibility index (Phi) is 2.41. The number of likely N-dealkylation sites (tertiary alicyclic amines) is 1. The van der Waals surface area contributed by atoms with Crippen molar-refractivity contribution in [2.24, 2.45) is 0 Å². The highest BCUT2D eigenvalue weighted by molar-refractivity contribution is 5.84. The molecule has 2 N–H and O–H groups in total. The third-order valence-electron chi connectivity index (χ3n) is 2.84. The number of nitrogens with zero attached hydrogens (tertiary/aromatic N) is 1. The fourth-order valence-electron chi connectivity index (χ4n) is 1.98. The Hall–Kier alpha value is -1.10. The molecule has 2 aliphatic heterocycles. The first-order valence-corrected chi connectivity index (χ1v) is 4.94. The minimum Gasteiger partial charge on any atom is -0.354 e. The Balaban J connectivity index is 1.86. The number of hydrogen-bond donors (Lipinski definition) is 2. The average Bonchev–Trinajstić information content (AvgIpc) is 2.67. The quantitative estimate of drug-likeness (QED) is 0.578. The molecule has 2 amide bonds. The molecule has 0 spiro atoms. The minimum atomic E-state index is -0.0855. The summed E-state index contributed by atoms with van der Waals surface area (Å²) in [6, 6.07) is 0.0423. The van der Waals surface area contributed by atoms with Gasteiger partial charge in [-0.15, -0.1) is 0 Å². The molecule has 2 rings (SSSR count). The first kappa shape index (κ1) is 9.45. The van der Waals surface area contributed by atoms with Crippen LogP contribution in [0.4, 0.5) is 0 Å². The lowest BCUT2D eigenvalue weighted by molar-refractivity contribution is -0.128. The van der Waals surface area contributed by atoms with Gasteiger partial charge in [0, 0.05) is 32.6 Å². The summed E-state index contributed by atoms with van der Waals surface area (Å²) in [4.78, 5) is 24.2. The highest BCUT2D eigenvalue weighted by Crippen LogP contribution is 2.11. The molecule has 0 saturated carbocycles. The van der Waals surface area contributed by atoms with Gasteiger partial charge in [0.25, 0.3) is 0 Å². The molecule has 2 fully saturated rings. The highest BCUT2D eigenvalue weighted by Gasteiger charge is 2.32. The van der Waals surface area contributed by atoms with Crippen molar-refractivity contribution in [3.63, 3.8) is 0 Å². The van der Waals surface area contributed by atoms with E-state index in [1.807, 2.05) is 7.05 Å². The van der Waals surface area contributed by atoms with Crippen LogP contribution in [0.25, 0.3) is 0 Å². The standard InChI is InChI=1S/C9H15N3O2/c1-12-3-2-7(9(12)14)11-6-4-8(13)10-5-6/h6-7,11H,2-5H2,1H3,(H,10,13). The van der Waals surface area contributed by atoms with Crippen LogP contribution < -0.4 is 10.6 Å². The fraction of sp³-hybridized carbons (Fsp3) is 0.778. The summed E-state index contributed by atoms with van der Waals surface area (Å²) in [5.74, 6) is 0.214. The number of likely N-dealkylation sites (N-methyl/N-ethyl adjacent to an activating group) is 1. The molecule has 0 radical (unpaired) electrons. The van der Waals surface area contributed by atoms with Gasteiger partial charge < -0.3 is 15.5 Å². The first-order chi connectivity index (χ1) is 6.66. The monoisotopic (exact) mass is 197 g/mol. The first-order valence-electron chi connectivity index (χ1n) is 4.94. The zero-order valence-electron chi connectivity index (χ0n) is 8.25. The van der Waals surface area contributed by atoms with Crippen molar-refractivity contribution >= 4 is 11.8 Å². The van der Waals surface area contributed by atoms with Crippen molar-refractivity contribution in [2.75, 3.05) is 20.1 Å². The van der Waals surface area contributed by atoms with Gasteiger partial charge in [0.2, 0.25) is 11.8 Å². The molecule has 0 aliphatic carbocycles. The second-order valence-electron chi connectivity index (χ2n) is 3.97. The van der Waals surface area contributed by atoms with E-state index in [0.29, 0.717) is 13.0 Å². The van der Waals surface area contributed by atoms with E-state index < -0.39 is 0 Å². The van der Waals surface area contributed by atoms with Gasteiger partial charge in [0.15, 0.2) is 0 Å². The van der Waals surface area contributed by atoms with E-state index in [-0.39, 0.29) is 23.9 Å². The van der Waals surface area contributed by atoms with Crippen molar-refractivity contribution < 1.29 is 9.59 Å². The smallest absolute Gasteiger partial charge is 0.239 e. The van der Waals surface area contributed by atoms with Gasteiger partial charge >= 0.3 is 0 Å². The third-order valence-corrected chi connectivity index (χ3v) is 2.84. The van der Waals surface area contributed by atoms with Crippen LogP contribution in [0.3, 0.4) is 0 Å². The predicted molar refractivity (Wildman–Crippen MR) is 50.6 cm³/mol. The maximum absolute atomic E-state index is 11.5. The lowest BCUT2D eigenvalue weighted by Crippen LogP contribution is -2.43. The van der Waals surface area contributed by atoms with E-state index in [1.165, 1.54) is 0 Å². The maximum Gasteiger partial charge on any atom is 0.239 e. The molecule has 0 bridgehead atoms. The van der Waals surface area contributed by atoms with E-state index in [0.717, 1.165) is 13.0 Å². The summed E-state index contributed by atoms with van der Waals surface area (Å²) in [5, 5.41) is 5.96. The summed E-state index contributed by atoms with van der Waals surface area (Å²) in [7, 11) is 1.81. The molecular formula is C9H15N3O2. The van der Waals surface area contributed by atoms with Crippen molar-refractivity contribution in [1.29, 1.82) is 0 Å². The van der Waals surface area contributed by atoms with Gasteiger partial charge in [-0.05, 0) is 6.42 Å². The van der Waals surface area contributed by atoms with Crippen LogP contribution in [0.2, 0.25) is 0 Å². The molecule has 2 heterocycles. The number of amides is 2. The highest BCUT2D eigenvalue weighted by atomic mass is 16.2. The van der Waals surface area contributed by atoms with E-state index in [1.54, 1.807) is 4.90 Å². The summed E-state index contributed by atoms with van der Waals surface area (Å²) in [6.45, 7) is 1.46. The molecule has 14 heavy (non-hydrogen) atoms. The lowest BCUT2D eigenvalue weighted by atomic mass is 10.2. The zero-order valence-corrected chi connectivity index (χ0v) is 8.25. The Bertz CT molecular complexity index is 267. The van der Waals surface area contributed by atoms with Crippen LogP contribution in [-0.2, 0) is 9.59 Å². The molecular weight excluding hydrogens is 182 g/mol. The van der Waals surface area contributed by atoms with Gasteiger partial charge in [-0.2, -0.15) is 0 Å². The maximum atomic E-state index is 11.5. The second-order valence-corrected chi connectivity index (χ2v) is 3.97. The normalized spacial score (nSPS) is 32.5. The SMILES string of the molecule is CN1CCC(NC2CNC(=O)C2)C1=O. The summed E-state index contributed by atoms with van der Waals surface area (Å²) in [5.41, 5.74) is 0. The summed E-state index contributed by atoms with van der Waals surface area (Å²) in [6.07, 6.45) is 1.34. The fourth-order valence-corrected chi connectivity index (χ4v) is 1.98. The molecule has 0 aromatic heterocycles. The van der Waals surface area contributed by atoms with Gasteiger partial charge in [-0.25, -0.2) is 0 Å². The Morgan fingerprint density at radius 1 is 1.50 bits per heavy atom. The molecule has 2 unspecified atom stereocenters. The third kappa shape index (κ3) is 1.72. The average molecular weight is 197 g/mol. The molecule has 0 aromatic rings. The molecule has 2 saturated heterocycles. The van der Waals surface area contributed by atoms with Crippen molar-refractivity contribution in [2.45, 2.75) is 24.9 Å². The Labute approximate surface area is 82.8 Å². The predicted octanol–water partition coefficient (Wildman–Crippen LogP) is -1.30. The van der Waals surface area contributed by atoms with Crippen molar-refractivity contribution in [3.05, 3.63) is 0 Å². The van der Waals surface area contributed by atoms with Gasteiger partial charge in [-0.3, -0.25) is 9.59 Å². The van der Waals surface area contributed by atoms with Crippen LogP contribution >= 0.6 is 0 Å². The molecule has 78 valence electrons. The van der Waals surface area contributed by atoms with Gasteiger partial charge in [0.05, 0.1) is 6.04 Å². The number of hydrogen-bond acceptors (Lipinski definition) is 3. The van der Waals surface area contributed by atoms with Gasteiger partial charge in [0.1, 0.15) is 0 Å². The molecule has 5 heteroatoms. The van der Waals surface area contributed by atoms with Crippen LogP contribution in [0.15, 0.2) is 0 Å². The Morgan fingerprint density at radius 3 is 2.79 bits per heavy atom. The molecule has 0 aromatic carbocycles. The summed E-state index contributed by atoms with van der Waals surface area (Å²) >= 11 is 0. The summed E-state index contributed by atoms with van der Waals surface area (Å²) < 4.78 is 0. The molecule has 2 aliphatic rings. The number of carbonyl (C=O) groups is 2. The van der Waals surface area contributed by atoms with Crippen LogP contribution in [0.1, 0.15) is 12.8 Å². The number of carbonyl (C=O) groups excluding carboxylic acids is 2. The van der Waals surface area contributed by atoms with Crippen molar-refractivity contribution in [3.8, 4) is 0 Å². The van der Waals surface area contributed by atoms with Crippen molar-refractivity contribution in [1.82, 2.24) is 15.5 Å².